The van der Waals surface area contributed by atoms with Crippen LogP contribution in [0.4, 0.5) is 0 Å². The summed E-state index contributed by atoms with van der Waals surface area (Å²) in [6, 6.07) is 156. The van der Waals surface area contributed by atoms with Crippen LogP contribution in [0.3, 0.4) is 0 Å². The van der Waals surface area contributed by atoms with E-state index < -0.39 is 0 Å². The molecular weight excluding hydrogens is 1790 g/mol. The van der Waals surface area contributed by atoms with Gasteiger partial charge in [-0.1, -0.05) is 479 Å². The second-order valence-electron chi connectivity index (χ2n) is 37.7. The Labute approximate surface area is 868 Å². The second kappa shape index (κ2) is 35.3. The maximum atomic E-state index is 9.43. The molecule has 0 amide bonds. The summed E-state index contributed by atoms with van der Waals surface area (Å²) in [5.74, 6) is 0. The van der Waals surface area contributed by atoms with Gasteiger partial charge in [0, 0.05) is 54.2 Å². The third-order valence-electron chi connectivity index (χ3n) is 29.7. The fourth-order valence-corrected chi connectivity index (χ4v) is 23.4. The lowest BCUT2D eigenvalue weighted by Gasteiger charge is -2.19. The van der Waals surface area contributed by atoms with E-state index in [1.165, 1.54) is 43.1 Å². The van der Waals surface area contributed by atoms with Crippen LogP contribution >= 0.6 is 0 Å². The molecule has 4 heteroatoms. The van der Waals surface area contributed by atoms with E-state index in [-0.39, 0.29) is 72.5 Å². The van der Waals surface area contributed by atoms with Gasteiger partial charge in [0.05, 0.1) is 16.4 Å². The molecular formula is C144H88O4. The molecule has 4 nitrogen and oxygen atoms in total. The molecule has 0 spiro atoms. The van der Waals surface area contributed by atoms with Gasteiger partial charge in [0.2, 0.25) is 0 Å². The molecule has 32 aromatic rings. The molecule has 148 heavy (non-hydrogen) atoms. The number of fused-ring (bicyclic) bond motifs is 24. The van der Waals surface area contributed by atoms with Crippen molar-refractivity contribution >= 4 is 217 Å². The molecule has 0 fully saturated rings. The molecule has 4 heterocycles. The van der Waals surface area contributed by atoms with Gasteiger partial charge < -0.3 is 17.7 Å². The van der Waals surface area contributed by atoms with Crippen LogP contribution in [0, 0.1) is 0 Å². The van der Waals surface area contributed by atoms with Crippen molar-refractivity contribution in [2.24, 2.45) is 0 Å². The Hall–Kier alpha value is -19.5. The Bertz CT molecular complexity index is 11600. The quantitative estimate of drug-likeness (QED) is 0.142. The van der Waals surface area contributed by atoms with Crippen LogP contribution in [0.25, 0.3) is 306 Å². The molecule has 0 radical (unpaired) electrons. The Morgan fingerprint density at radius 1 is 0.128 bits per heavy atom. The summed E-state index contributed by atoms with van der Waals surface area (Å²) in [6.45, 7) is 0. The average Bonchev–Trinajstić information content (AvgIpc) is 1.28. The summed E-state index contributed by atoms with van der Waals surface area (Å²) >= 11 is 0. The highest BCUT2D eigenvalue weighted by molar-refractivity contribution is 6.31. The lowest BCUT2D eigenvalue weighted by Crippen LogP contribution is -1.92. The van der Waals surface area contributed by atoms with E-state index in [0.717, 1.165) is 180 Å². The molecule has 0 aliphatic rings. The van der Waals surface area contributed by atoms with Gasteiger partial charge in [-0.2, -0.15) is 0 Å². The highest BCUT2D eigenvalue weighted by Gasteiger charge is 2.28. The van der Waals surface area contributed by atoms with Gasteiger partial charge in [-0.05, 0) is 262 Å². The molecule has 0 aliphatic heterocycles. The highest BCUT2D eigenvalue weighted by Crippen LogP contribution is 2.54. The Morgan fingerprint density at radius 3 is 0.757 bits per heavy atom. The maximum Gasteiger partial charge on any atom is 0.143 e. The zero-order chi connectivity index (χ0) is 108. The van der Waals surface area contributed by atoms with E-state index in [4.69, 9.17) is 28.6 Å². The molecule has 32 rings (SSSR count). The Morgan fingerprint density at radius 2 is 0.378 bits per heavy atom. The number of para-hydroxylation sites is 5. The second-order valence-corrected chi connectivity index (χ2v) is 37.7. The maximum absolute atomic E-state index is 9.43. The van der Waals surface area contributed by atoms with Gasteiger partial charge >= 0.3 is 0 Å². The van der Waals surface area contributed by atoms with E-state index >= 15 is 0 Å². The van der Waals surface area contributed by atoms with Crippen molar-refractivity contribution in [2.45, 2.75) is 0 Å². The van der Waals surface area contributed by atoms with Crippen molar-refractivity contribution < 1.29 is 34.1 Å². The van der Waals surface area contributed by atoms with Crippen molar-refractivity contribution in [3.63, 3.8) is 0 Å². The molecule has 0 aliphatic carbocycles. The number of benzene rings is 28. The summed E-state index contributed by atoms with van der Waals surface area (Å²) in [5.41, 5.74) is 18.6. The SMILES string of the molecule is [2H]c1c(-c2c3ccccc3c(-c3cccc4ccccc34)c3ccccc23)c([2H])c2c(oc3ccccc32)c1[2H].[2H]c1c(-c2c3ccccc3c(-c3cccc4ccccc34)c3ccccc23)c([2H])c2oc3ccccc3c2c1[2H].[2H]c1c([2H])c(-c2c3ccccc3c(-c3cccc4ccccc34)c3ccccc23)c2c(oc3ccccc32)c1[2H].[2H]c1c([2H])c([2H])c2c(oc3ccccc32)c1-c1c2ccccc2c(-c2cccc3ccccc23)c2ccccc12. The fraction of sp³-hybridized carbons (Fsp3) is 0. The normalized spacial score (nSPS) is 12.9. The molecule has 0 saturated carbocycles. The molecule has 0 atom stereocenters. The molecule has 688 valence electrons. The first-order valence-electron chi connectivity index (χ1n) is 55.8. The number of furan rings is 4. The van der Waals surface area contributed by atoms with Gasteiger partial charge in [0.1, 0.15) is 44.7 Å². The van der Waals surface area contributed by atoms with Crippen molar-refractivity contribution in [1.29, 1.82) is 0 Å². The fourth-order valence-electron chi connectivity index (χ4n) is 23.4. The van der Waals surface area contributed by atoms with Crippen molar-refractivity contribution in [2.75, 3.05) is 0 Å². The monoisotopic (exact) mass is 1890 g/mol. The van der Waals surface area contributed by atoms with Crippen LogP contribution in [0.1, 0.15) is 16.4 Å². The predicted molar refractivity (Wildman–Crippen MR) is 628 cm³/mol. The lowest BCUT2D eigenvalue weighted by atomic mass is 9.84. The number of rotatable bonds is 8. The summed E-state index contributed by atoms with van der Waals surface area (Å²) < 4.78 is 133. The van der Waals surface area contributed by atoms with Gasteiger partial charge in [-0.3, -0.25) is 0 Å². The molecule has 0 unspecified atom stereocenters. The Kier molecular flexibility index (Phi) is 17.5. The van der Waals surface area contributed by atoms with E-state index in [1.807, 2.05) is 170 Å². The Balaban J connectivity index is 0.0000000982. The minimum Gasteiger partial charge on any atom is -0.456 e. The topological polar surface area (TPSA) is 52.6 Å². The van der Waals surface area contributed by atoms with Crippen LogP contribution in [0.15, 0.2) is 551 Å². The first kappa shape index (κ1) is 73.6. The van der Waals surface area contributed by atoms with Crippen LogP contribution < -0.4 is 0 Å². The smallest absolute Gasteiger partial charge is 0.143 e. The summed E-state index contributed by atoms with van der Waals surface area (Å²) in [7, 11) is 0. The van der Waals surface area contributed by atoms with E-state index in [0.29, 0.717) is 83.1 Å². The number of hydrogen-bond acceptors (Lipinski definition) is 4. The van der Waals surface area contributed by atoms with Crippen LogP contribution in [0.5, 0.6) is 0 Å². The molecule has 0 saturated heterocycles. The zero-order valence-corrected chi connectivity index (χ0v) is 79.5. The van der Waals surface area contributed by atoms with E-state index in [2.05, 4.69) is 291 Å². The predicted octanol–water partition coefficient (Wildman–Crippen LogP) is 41.5. The lowest BCUT2D eigenvalue weighted by molar-refractivity contribution is 0.668. The molecule has 28 aromatic carbocycles. The van der Waals surface area contributed by atoms with Crippen molar-refractivity contribution in [3.8, 4) is 89.0 Å². The average molecular weight is 1890 g/mol. The van der Waals surface area contributed by atoms with Crippen LogP contribution in [0.2, 0.25) is 0 Å². The minimum absolute atomic E-state index is 0.00323. The summed E-state index contributed by atoms with van der Waals surface area (Å²) in [4.78, 5) is 0. The van der Waals surface area contributed by atoms with E-state index in [9.17, 15) is 5.48 Å². The summed E-state index contributed by atoms with van der Waals surface area (Å²) in [5, 5.41) is 31.3. The molecule has 0 N–H and O–H groups in total. The third kappa shape index (κ3) is 13.9. The van der Waals surface area contributed by atoms with E-state index in [1.54, 1.807) is 0 Å². The first-order chi connectivity index (χ1) is 78.5. The van der Waals surface area contributed by atoms with Gasteiger partial charge in [-0.25, -0.2) is 0 Å². The molecule has 4 aromatic heterocycles. The summed E-state index contributed by atoms with van der Waals surface area (Å²) in [6.07, 6.45) is 0. The van der Waals surface area contributed by atoms with Gasteiger partial charge in [0.15, 0.2) is 0 Å². The number of hydrogen-bond donors (Lipinski definition) is 0. The minimum atomic E-state index is -0.132. The van der Waals surface area contributed by atoms with Crippen molar-refractivity contribution in [3.05, 3.63) is 534 Å². The van der Waals surface area contributed by atoms with Crippen molar-refractivity contribution in [1.82, 2.24) is 0 Å². The van der Waals surface area contributed by atoms with Crippen LogP contribution in [-0.2, 0) is 0 Å². The first-order valence-corrected chi connectivity index (χ1v) is 49.8. The zero-order valence-electron chi connectivity index (χ0n) is 91.5. The van der Waals surface area contributed by atoms with Crippen LogP contribution in [-0.4, -0.2) is 0 Å². The van der Waals surface area contributed by atoms with Gasteiger partial charge in [0.25, 0.3) is 0 Å². The largest absolute Gasteiger partial charge is 0.456 e. The third-order valence-corrected chi connectivity index (χ3v) is 29.7. The highest BCUT2D eigenvalue weighted by atomic mass is 16.3. The standard InChI is InChI=1S/4C36H22O/c1-2-13-24-23(11-1)12-9-19-26(24)34-27-15-3-5-17-29(27)35(30-18-6-4-16-28(30)34)32-21-10-20-31-25-14-7-8-22-33(25)37-36(31)32;1-2-13-24-23(11-1)12-9-19-25(24)34-26-14-3-5-16-28(26)35(29-17-6-4-15-27(29)34)31-20-10-22-33-36(31)30-18-7-8-21-32(30)37-33;1-2-12-25-23(10-1)11-9-18-28(25)36-31-16-5-3-14-29(31)35(30-15-4-6-17-32(30)36)24-20-21-27-26-13-7-8-19-33(26)37-34(27)22-24;1-2-12-25-23(10-1)11-9-18-27(25)36-30-16-5-3-14-28(30)35(29-15-4-6-17-31(29)36)24-20-21-34-32(22-24)26-13-7-8-19-33(26)37-34/h4*1-22H/i10D,20D,21D;10D,20D,22D;2*20D,21D,22D. The van der Waals surface area contributed by atoms with Gasteiger partial charge in [-0.15, -0.1) is 0 Å². The molecule has 0 bridgehead atoms.